The van der Waals surface area contributed by atoms with Crippen LogP contribution in [0.1, 0.15) is 27.9 Å². The molecule has 0 bridgehead atoms. The minimum atomic E-state index is -0.475. The number of nitrogens with one attached hydrogen (secondary N) is 1. The molecule has 1 N–H and O–H groups in total. The lowest BCUT2D eigenvalue weighted by Gasteiger charge is -2.01. The van der Waals surface area contributed by atoms with Crippen LogP contribution in [-0.4, -0.2) is 26.1 Å². The quantitative estimate of drug-likeness (QED) is 0.527. The van der Waals surface area contributed by atoms with Gasteiger partial charge >= 0.3 is 0 Å². The summed E-state index contributed by atoms with van der Waals surface area (Å²) in [7, 11) is 0. The van der Waals surface area contributed by atoms with Gasteiger partial charge in [-0.2, -0.15) is 5.10 Å². The first-order chi connectivity index (χ1) is 9.99. The Bertz CT molecular complexity index is 708. The molecule has 8 nitrogen and oxygen atoms in total. The van der Waals surface area contributed by atoms with Crippen LogP contribution in [0, 0.1) is 17.0 Å². The van der Waals surface area contributed by atoms with Crippen molar-refractivity contribution < 1.29 is 9.72 Å². The highest BCUT2D eigenvalue weighted by Gasteiger charge is 2.12. The van der Waals surface area contributed by atoms with Crippen molar-refractivity contribution in [1.82, 2.24) is 15.0 Å². The molecule has 0 atom stereocenters. The SMILES string of the molecule is C/C(=N/NC(=O)c1snnc1C)c1ccc([N+](=O)[O-])cc1. The van der Waals surface area contributed by atoms with E-state index in [1.807, 2.05) is 0 Å². The number of nitrogens with zero attached hydrogens (tertiary/aromatic N) is 4. The van der Waals surface area contributed by atoms with Gasteiger partial charge in [0.15, 0.2) is 0 Å². The van der Waals surface area contributed by atoms with Crippen LogP contribution in [0.5, 0.6) is 0 Å². The third kappa shape index (κ3) is 3.45. The van der Waals surface area contributed by atoms with Crippen LogP contribution in [0.25, 0.3) is 0 Å². The van der Waals surface area contributed by atoms with Gasteiger partial charge in [0.25, 0.3) is 11.6 Å². The first kappa shape index (κ1) is 14.7. The number of benzene rings is 1. The molecule has 108 valence electrons. The highest BCUT2D eigenvalue weighted by atomic mass is 32.1. The van der Waals surface area contributed by atoms with Gasteiger partial charge in [0.1, 0.15) is 4.88 Å². The van der Waals surface area contributed by atoms with Crippen LogP contribution in [0.3, 0.4) is 0 Å². The Labute approximate surface area is 123 Å². The van der Waals surface area contributed by atoms with Crippen molar-refractivity contribution in [2.24, 2.45) is 5.10 Å². The van der Waals surface area contributed by atoms with Crippen molar-refractivity contribution in [3.05, 3.63) is 50.5 Å². The number of carbonyl (C=O) groups is 1. The van der Waals surface area contributed by atoms with E-state index in [2.05, 4.69) is 20.1 Å². The monoisotopic (exact) mass is 305 g/mol. The lowest BCUT2D eigenvalue weighted by molar-refractivity contribution is -0.384. The predicted octanol–water partition coefficient (Wildman–Crippen LogP) is 1.91. The van der Waals surface area contributed by atoms with Gasteiger partial charge in [-0.3, -0.25) is 14.9 Å². The van der Waals surface area contributed by atoms with E-state index >= 15 is 0 Å². The second-order valence-electron chi connectivity index (χ2n) is 4.13. The summed E-state index contributed by atoms with van der Waals surface area (Å²) in [4.78, 5) is 22.3. The van der Waals surface area contributed by atoms with Gasteiger partial charge in [0.05, 0.1) is 16.3 Å². The van der Waals surface area contributed by atoms with Crippen molar-refractivity contribution >= 4 is 28.8 Å². The molecule has 0 radical (unpaired) electrons. The number of hydrazone groups is 1. The van der Waals surface area contributed by atoms with Gasteiger partial charge in [-0.15, -0.1) is 5.10 Å². The number of non-ortho nitro benzene ring substituents is 1. The van der Waals surface area contributed by atoms with Crippen molar-refractivity contribution in [3.63, 3.8) is 0 Å². The summed E-state index contributed by atoms with van der Waals surface area (Å²) in [6.07, 6.45) is 0. The molecule has 0 unspecified atom stereocenters. The zero-order chi connectivity index (χ0) is 15.4. The average molecular weight is 305 g/mol. The van der Waals surface area contributed by atoms with Crippen LogP contribution in [0.15, 0.2) is 29.4 Å². The van der Waals surface area contributed by atoms with E-state index < -0.39 is 4.92 Å². The molecule has 1 heterocycles. The first-order valence-corrected chi connectivity index (χ1v) is 6.65. The van der Waals surface area contributed by atoms with Crippen molar-refractivity contribution in [2.45, 2.75) is 13.8 Å². The second kappa shape index (κ2) is 6.18. The molecule has 1 aromatic carbocycles. The molecular formula is C12H11N5O3S. The summed E-state index contributed by atoms with van der Waals surface area (Å²) in [6.45, 7) is 3.38. The summed E-state index contributed by atoms with van der Waals surface area (Å²) >= 11 is 0.993. The number of amides is 1. The third-order valence-corrected chi connectivity index (χ3v) is 3.51. The fourth-order valence-electron chi connectivity index (χ4n) is 1.51. The summed E-state index contributed by atoms with van der Waals surface area (Å²) in [5.74, 6) is -0.385. The van der Waals surface area contributed by atoms with Crippen molar-refractivity contribution in [3.8, 4) is 0 Å². The Kier molecular flexibility index (Phi) is 4.33. The molecule has 0 fully saturated rings. The topological polar surface area (TPSA) is 110 Å². The number of hydrogen-bond donors (Lipinski definition) is 1. The van der Waals surface area contributed by atoms with Crippen LogP contribution in [0.2, 0.25) is 0 Å². The van der Waals surface area contributed by atoms with Gasteiger partial charge in [-0.25, -0.2) is 5.43 Å². The summed E-state index contributed by atoms with van der Waals surface area (Å²) in [5, 5.41) is 18.3. The molecular weight excluding hydrogens is 294 g/mol. The fourth-order valence-corrected chi connectivity index (χ4v) is 2.06. The number of rotatable bonds is 4. The normalized spacial score (nSPS) is 11.2. The third-order valence-electron chi connectivity index (χ3n) is 2.68. The molecule has 0 aliphatic carbocycles. The molecule has 0 spiro atoms. The van der Waals surface area contributed by atoms with Crippen molar-refractivity contribution in [2.75, 3.05) is 0 Å². The Morgan fingerprint density at radius 3 is 2.57 bits per heavy atom. The van der Waals surface area contributed by atoms with E-state index in [9.17, 15) is 14.9 Å². The van der Waals surface area contributed by atoms with Crippen LogP contribution in [-0.2, 0) is 0 Å². The second-order valence-corrected chi connectivity index (χ2v) is 4.88. The van der Waals surface area contributed by atoms with Crippen LogP contribution >= 0.6 is 11.5 Å². The van der Waals surface area contributed by atoms with Gasteiger partial charge < -0.3 is 0 Å². The molecule has 2 rings (SSSR count). The fraction of sp³-hybridized carbons (Fsp3) is 0.167. The smallest absolute Gasteiger partial charge is 0.266 e. The Hall–Kier alpha value is -2.68. The number of nitro groups is 1. The molecule has 0 saturated heterocycles. The Morgan fingerprint density at radius 1 is 1.38 bits per heavy atom. The lowest BCUT2D eigenvalue weighted by atomic mass is 10.1. The molecule has 0 saturated carbocycles. The molecule has 2 aromatic rings. The van der Waals surface area contributed by atoms with E-state index in [4.69, 9.17) is 0 Å². The highest BCUT2D eigenvalue weighted by Crippen LogP contribution is 2.13. The largest absolute Gasteiger partial charge is 0.285 e. The maximum Gasteiger partial charge on any atom is 0.285 e. The van der Waals surface area contributed by atoms with Crippen LogP contribution in [0.4, 0.5) is 5.69 Å². The maximum atomic E-state index is 11.8. The van der Waals surface area contributed by atoms with Gasteiger partial charge in [0, 0.05) is 12.1 Å². The van der Waals surface area contributed by atoms with Gasteiger partial charge in [-0.1, -0.05) is 4.49 Å². The Balaban J connectivity index is 2.09. The van der Waals surface area contributed by atoms with Gasteiger partial charge in [-0.05, 0) is 43.1 Å². The molecule has 0 aliphatic heterocycles. The van der Waals surface area contributed by atoms with Gasteiger partial charge in [0.2, 0.25) is 0 Å². The zero-order valence-electron chi connectivity index (χ0n) is 11.2. The number of carbonyl (C=O) groups excluding carboxylic acids is 1. The van der Waals surface area contributed by atoms with E-state index in [0.717, 1.165) is 11.5 Å². The van der Waals surface area contributed by atoms with E-state index in [1.165, 1.54) is 12.1 Å². The first-order valence-electron chi connectivity index (χ1n) is 5.87. The summed E-state index contributed by atoms with van der Waals surface area (Å²) < 4.78 is 3.67. The molecule has 9 heteroatoms. The number of aromatic nitrogens is 2. The minimum absolute atomic E-state index is 0.00180. The summed E-state index contributed by atoms with van der Waals surface area (Å²) in [6, 6.07) is 5.91. The average Bonchev–Trinajstić information content (AvgIpc) is 2.90. The van der Waals surface area contributed by atoms with E-state index in [0.29, 0.717) is 21.8 Å². The molecule has 1 amide bonds. The van der Waals surface area contributed by atoms with Crippen LogP contribution < -0.4 is 5.43 Å². The zero-order valence-corrected chi connectivity index (χ0v) is 12.0. The van der Waals surface area contributed by atoms with E-state index in [1.54, 1.807) is 26.0 Å². The summed E-state index contributed by atoms with van der Waals surface area (Å²) in [5.41, 5.74) is 4.17. The standard InChI is InChI=1S/C12H11N5O3S/c1-7(9-3-5-10(6-4-9)17(19)20)13-15-12(18)11-8(2)14-16-21-11/h3-6H,1-2H3,(H,15,18)/b13-7-. The number of nitro benzene ring substituents is 1. The highest BCUT2D eigenvalue weighted by molar-refractivity contribution is 7.07. The number of aryl methyl sites for hydroxylation is 1. The maximum absolute atomic E-state index is 11.8. The van der Waals surface area contributed by atoms with E-state index in [-0.39, 0.29) is 11.6 Å². The molecule has 21 heavy (non-hydrogen) atoms. The molecule has 0 aliphatic rings. The lowest BCUT2D eigenvalue weighted by Crippen LogP contribution is -2.19. The van der Waals surface area contributed by atoms with Crippen molar-refractivity contribution in [1.29, 1.82) is 0 Å². The number of hydrogen-bond acceptors (Lipinski definition) is 7. The molecule has 1 aromatic heterocycles. The Morgan fingerprint density at radius 2 is 2.05 bits per heavy atom. The minimum Gasteiger partial charge on any atom is -0.266 e. The predicted molar refractivity (Wildman–Crippen MR) is 77.4 cm³/mol.